The molecule has 0 atom stereocenters. The molecule has 0 aliphatic carbocycles. The Hall–Kier alpha value is -3.76. The summed E-state index contributed by atoms with van der Waals surface area (Å²) in [7, 11) is 0. The van der Waals surface area contributed by atoms with Crippen LogP contribution >= 0.6 is 0 Å². The first-order chi connectivity index (χ1) is 18.1. The Morgan fingerprint density at radius 3 is 2.65 bits per heavy atom. The molecule has 0 radical (unpaired) electrons. The number of hydrogen-bond acceptors (Lipinski definition) is 6. The number of hydrogen-bond donors (Lipinski definition) is 1. The van der Waals surface area contributed by atoms with Gasteiger partial charge in [-0.1, -0.05) is 13.8 Å². The molecular formula is C30H36N4O3. The number of esters is 1. The molecule has 0 unspecified atom stereocenters. The summed E-state index contributed by atoms with van der Waals surface area (Å²) in [6.07, 6.45) is 5.39. The molecule has 1 aliphatic rings. The normalized spacial score (nSPS) is 13.8. The number of ether oxygens (including phenoxy) is 1. The van der Waals surface area contributed by atoms with Crippen LogP contribution in [0.15, 0.2) is 53.1 Å². The van der Waals surface area contributed by atoms with Crippen molar-refractivity contribution in [3.8, 4) is 6.07 Å². The molecule has 5 rings (SSSR count). The second kappa shape index (κ2) is 12.5. The lowest BCUT2D eigenvalue weighted by atomic mass is 10.1. The number of carbonyl (C=O) groups is 1. The van der Waals surface area contributed by atoms with Crippen LogP contribution in [0.25, 0.3) is 21.9 Å². The summed E-state index contributed by atoms with van der Waals surface area (Å²) >= 11 is 0. The SMILES string of the molecule is CC.CCOC(=O)c1cc2cc(N3CCN(CCCCc4c[nH]c5ccc(C#N)cc45)CC3)ccc2o1. The smallest absolute Gasteiger partial charge is 0.374 e. The quantitative estimate of drug-likeness (QED) is 0.231. The van der Waals surface area contributed by atoms with Crippen molar-refractivity contribution in [1.82, 2.24) is 9.88 Å². The topological polar surface area (TPSA) is 85.5 Å². The molecule has 37 heavy (non-hydrogen) atoms. The monoisotopic (exact) mass is 500 g/mol. The summed E-state index contributed by atoms with van der Waals surface area (Å²) in [5.74, 6) is -0.169. The van der Waals surface area contributed by atoms with Crippen LogP contribution < -0.4 is 4.90 Å². The van der Waals surface area contributed by atoms with Gasteiger partial charge in [0.15, 0.2) is 0 Å². The van der Waals surface area contributed by atoms with Gasteiger partial charge >= 0.3 is 5.97 Å². The Balaban J connectivity index is 0.00000156. The first-order valence-corrected chi connectivity index (χ1v) is 13.3. The highest BCUT2D eigenvalue weighted by atomic mass is 16.5. The summed E-state index contributed by atoms with van der Waals surface area (Å²) in [5, 5.41) is 11.3. The highest BCUT2D eigenvalue weighted by Gasteiger charge is 2.19. The standard InChI is InChI=1S/C28H30N4O3.C2H6/c1-2-34-28(33)27-17-22-16-23(7-9-26(22)35-27)32-13-11-31(12-14-32)10-4-3-5-21-19-30-25-8-6-20(18-29)15-24(21)25;1-2/h6-9,15-17,19,30H,2-5,10-14H2,1H3;1-2H3. The Labute approximate surface area is 218 Å². The van der Waals surface area contributed by atoms with Crippen molar-refractivity contribution < 1.29 is 13.9 Å². The number of nitrogens with zero attached hydrogens (tertiary/aromatic N) is 3. The molecule has 1 fully saturated rings. The summed E-state index contributed by atoms with van der Waals surface area (Å²) < 4.78 is 10.7. The maximum absolute atomic E-state index is 12.0. The third-order valence-corrected chi connectivity index (χ3v) is 6.78. The summed E-state index contributed by atoms with van der Waals surface area (Å²) in [5.41, 5.74) is 4.96. The van der Waals surface area contributed by atoms with Gasteiger partial charge in [0.25, 0.3) is 0 Å². The predicted octanol–water partition coefficient (Wildman–Crippen LogP) is 6.13. The first-order valence-electron chi connectivity index (χ1n) is 13.3. The molecule has 4 aromatic rings. The van der Waals surface area contributed by atoms with Crippen LogP contribution in [-0.4, -0.2) is 55.2 Å². The lowest BCUT2D eigenvalue weighted by molar-refractivity contribution is 0.0492. The Morgan fingerprint density at radius 1 is 1.08 bits per heavy atom. The molecule has 0 bridgehead atoms. The number of unbranched alkanes of at least 4 members (excludes halogenated alkanes) is 1. The van der Waals surface area contributed by atoms with Crippen molar-refractivity contribution in [3.05, 3.63) is 65.5 Å². The van der Waals surface area contributed by atoms with E-state index < -0.39 is 5.97 Å². The van der Waals surface area contributed by atoms with Gasteiger partial charge in [-0.15, -0.1) is 0 Å². The van der Waals surface area contributed by atoms with E-state index >= 15 is 0 Å². The Kier molecular flexibility index (Phi) is 8.86. The van der Waals surface area contributed by atoms with Gasteiger partial charge in [-0.25, -0.2) is 4.79 Å². The number of nitriles is 1. The second-order valence-electron chi connectivity index (χ2n) is 9.03. The van der Waals surface area contributed by atoms with Crippen LogP contribution in [0.1, 0.15) is 55.3 Å². The maximum Gasteiger partial charge on any atom is 0.374 e. The van der Waals surface area contributed by atoms with E-state index in [0.29, 0.717) is 17.8 Å². The number of anilines is 1. The minimum absolute atomic E-state index is 0.252. The number of benzene rings is 2. The molecule has 2 aromatic heterocycles. The van der Waals surface area contributed by atoms with Gasteiger partial charge in [-0.2, -0.15) is 5.26 Å². The van der Waals surface area contributed by atoms with Crippen LogP contribution in [0.3, 0.4) is 0 Å². The number of carbonyl (C=O) groups excluding carboxylic acids is 1. The largest absolute Gasteiger partial charge is 0.460 e. The number of aromatic nitrogens is 1. The second-order valence-corrected chi connectivity index (χ2v) is 9.03. The molecule has 3 heterocycles. The van der Waals surface area contributed by atoms with E-state index in [1.54, 1.807) is 13.0 Å². The Morgan fingerprint density at radius 2 is 1.89 bits per heavy atom. The fourth-order valence-electron chi connectivity index (χ4n) is 4.87. The predicted molar refractivity (Wildman–Crippen MR) is 148 cm³/mol. The minimum Gasteiger partial charge on any atom is -0.460 e. The fraction of sp³-hybridized carbons (Fsp3) is 0.400. The van der Waals surface area contributed by atoms with E-state index in [1.807, 2.05) is 38.1 Å². The van der Waals surface area contributed by atoms with Crippen molar-refractivity contribution >= 4 is 33.5 Å². The van der Waals surface area contributed by atoms with Crippen LogP contribution in [-0.2, 0) is 11.2 Å². The molecule has 194 valence electrons. The highest BCUT2D eigenvalue weighted by Crippen LogP contribution is 2.27. The van der Waals surface area contributed by atoms with Gasteiger partial charge in [0.2, 0.25) is 5.76 Å². The maximum atomic E-state index is 12.0. The van der Waals surface area contributed by atoms with Gasteiger partial charge in [0.05, 0.1) is 18.2 Å². The molecule has 0 amide bonds. The lowest BCUT2D eigenvalue weighted by Crippen LogP contribution is -2.46. The van der Waals surface area contributed by atoms with Gasteiger partial charge in [-0.3, -0.25) is 4.90 Å². The number of furan rings is 1. The Bertz CT molecular complexity index is 1370. The number of piperazine rings is 1. The van der Waals surface area contributed by atoms with Crippen molar-refractivity contribution in [2.75, 3.05) is 44.2 Å². The zero-order valence-electron chi connectivity index (χ0n) is 22.0. The van der Waals surface area contributed by atoms with Crippen molar-refractivity contribution in [1.29, 1.82) is 5.26 Å². The molecule has 1 N–H and O–H groups in total. The van der Waals surface area contributed by atoms with E-state index in [1.165, 1.54) is 10.9 Å². The van der Waals surface area contributed by atoms with Crippen LogP contribution in [0, 0.1) is 11.3 Å². The van der Waals surface area contributed by atoms with Crippen molar-refractivity contribution in [2.24, 2.45) is 0 Å². The van der Waals surface area contributed by atoms with E-state index in [-0.39, 0.29) is 5.76 Å². The van der Waals surface area contributed by atoms with Crippen LogP contribution in [0.5, 0.6) is 0 Å². The number of fused-ring (bicyclic) bond motifs is 2. The molecule has 7 heteroatoms. The molecule has 1 aliphatic heterocycles. The molecule has 0 spiro atoms. The van der Waals surface area contributed by atoms with Crippen molar-refractivity contribution in [3.63, 3.8) is 0 Å². The molecular weight excluding hydrogens is 464 g/mol. The molecule has 1 saturated heterocycles. The van der Waals surface area contributed by atoms with Crippen molar-refractivity contribution in [2.45, 2.75) is 40.0 Å². The van der Waals surface area contributed by atoms with Crippen LogP contribution in [0.4, 0.5) is 5.69 Å². The average molecular weight is 501 g/mol. The highest BCUT2D eigenvalue weighted by molar-refractivity contribution is 5.93. The number of aromatic amines is 1. The van der Waals surface area contributed by atoms with Gasteiger partial charge in [0.1, 0.15) is 5.58 Å². The number of nitrogens with one attached hydrogen (secondary N) is 1. The number of rotatable bonds is 8. The zero-order valence-corrected chi connectivity index (χ0v) is 22.0. The number of H-pyrrole nitrogens is 1. The van der Waals surface area contributed by atoms with E-state index in [2.05, 4.69) is 39.2 Å². The molecule has 7 nitrogen and oxygen atoms in total. The third-order valence-electron chi connectivity index (χ3n) is 6.78. The van der Waals surface area contributed by atoms with Gasteiger partial charge < -0.3 is 19.0 Å². The number of aryl methyl sites for hydroxylation is 1. The first kappa shape index (κ1) is 26.3. The van der Waals surface area contributed by atoms with Gasteiger partial charge in [0, 0.05) is 54.4 Å². The molecule has 0 saturated carbocycles. The summed E-state index contributed by atoms with van der Waals surface area (Å²) in [6.45, 7) is 11.3. The van der Waals surface area contributed by atoms with E-state index in [4.69, 9.17) is 9.15 Å². The average Bonchev–Trinajstić information content (AvgIpc) is 3.56. The lowest BCUT2D eigenvalue weighted by Gasteiger charge is -2.36. The van der Waals surface area contributed by atoms with Crippen LogP contribution in [0.2, 0.25) is 0 Å². The minimum atomic E-state index is -0.421. The third kappa shape index (κ3) is 6.15. The van der Waals surface area contributed by atoms with E-state index in [0.717, 1.165) is 68.6 Å². The van der Waals surface area contributed by atoms with Gasteiger partial charge in [-0.05, 0) is 80.8 Å². The fourth-order valence-corrected chi connectivity index (χ4v) is 4.87. The summed E-state index contributed by atoms with van der Waals surface area (Å²) in [4.78, 5) is 20.2. The summed E-state index contributed by atoms with van der Waals surface area (Å²) in [6, 6.07) is 15.9. The zero-order chi connectivity index (χ0) is 26.2. The molecule has 2 aromatic carbocycles. The van der Waals surface area contributed by atoms with E-state index in [9.17, 15) is 10.1 Å².